The molecule has 0 atom stereocenters. The molecule has 0 spiro atoms. The third-order valence-electron chi connectivity index (χ3n) is 4.76. The molecular weight excluding hydrogens is 300 g/mol. The molecule has 1 aliphatic heterocycles. The highest BCUT2D eigenvalue weighted by Crippen LogP contribution is 2.21. The Morgan fingerprint density at radius 3 is 2.71 bits per heavy atom. The molecule has 1 amide bonds. The van der Waals surface area contributed by atoms with E-state index in [1.165, 1.54) is 24.1 Å². The number of likely N-dealkylation sites (tertiary alicyclic amines) is 1. The quantitative estimate of drug-likeness (QED) is 0.858. The van der Waals surface area contributed by atoms with Gasteiger partial charge in [-0.1, -0.05) is 17.7 Å². The monoisotopic (exact) mass is 326 g/mol. The van der Waals surface area contributed by atoms with Crippen molar-refractivity contribution in [3.05, 3.63) is 48.0 Å². The number of nitrogens with zero attached hydrogens (tertiary/aromatic N) is 2. The number of aryl methyl sites for hydroxylation is 1. The van der Waals surface area contributed by atoms with Gasteiger partial charge in [-0.05, 0) is 57.3 Å². The predicted molar refractivity (Wildman–Crippen MR) is 95.9 cm³/mol. The van der Waals surface area contributed by atoms with E-state index in [9.17, 15) is 4.79 Å². The van der Waals surface area contributed by atoms with Gasteiger partial charge in [0.05, 0.1) is 6.33 Å². The summed E-state index contributed by atoms with van der Waals surface area (Å²) in [5, 5.41) is 2.97. The molecular formula is C19H26N4O. The van der Waals surface area contributed by atoms with E-state index in [1.807, 2.05) is 37.4 Å². The molecule has 0 radical (unpaired) electrons. The number of carbonyl (C=O) groups excluding carboxylic acids is 1. The van der Waals surface area contributed by atoms with Crippen molar-refractivity contribution in [2.45, 2.75) is 32.6 Å². The van der Waals surface area contributed by atoms with E-state index in [1.54, 1.807) is 6.33 Å². The number of aromatic nitrogens is 2. The highest BCUT2D eigenvalue weighted by Gasteiger charge is 2.20. The Morgan fingerprint density at radius 1 is 1.29 bits per heavy atom. The van der Waals surface area contributed by atoms with Gasteiger partial charge in [0.15, 0.2) is 0 Å². The van der Waals surface area contributed by atoms with Crippen LogP contribution in [0.3, 0.4) is 0 Å². The maximum Gasteiger partial charge on any atom is 0.225 e. The van der Waals surface area contributed by atoms with Gasteiger partial charge in [0, 0.05) is 30.5 Å². The molecule has 2 N–H and O–H groups in total. The topological polar surface area (TPSA) is 61.0 Å². The minimum absolute atomic E-state index is 0.0958. The number of benzene rings is 1. The Bertz CT molecular complexity index is 628. The Balaban J connectivity index is 1.35. The number of H-pyrrole nitrogens is 1. The lowest BCUT2D eigenvalue weighted by molar-refractivity contribution is -0.116. The highest BCUT2D eigenvalue weighted by atomic mass is 16.1. The molecule has 0 bridgehead atoms. The summed E-state index contributed by atoms with van der Waals surface area (Å²) < 4.78 is 0. The zero-order chi connectivity index (χ0) is 16.8. The van der Waals surface area contributed by atoms with Crippen molar-refractivity contribution in [2.75, 3.05) is 25.0 Å². The number of anilines is 1. The molecule has 0 saturated carbocycles. The number of hydrogen-bond donors (Lipinski definition) is 2. The summed E-state index contributed by atoms with van der Waals surface area (Å²) in [6.07, 6.45) is 7.69. The lowest BCUT2D eigenvalue weighted by Crippen LogP contribution is -2.36. The van der Waals surface area contributed by atoms with Crippen molar-refractivity contribution in [1.29, 1.82) is 0 Å². The van der Waals surface area contributed by atoms with Gasteiger partial charge in [-0.15, -0.1) is 0 Å². The van der Waals surface area contributed by atoms with Gasteiger partial charge in [-0.3, -0.25) is 4.79 Å². The molecule has 24 heavy (non-hydrogen) atoms. The van der Waals surface area contributed by atoms with E-state index in [4.69, 9.17) is 0 Å². The van der Waals surface area contributed by atoms with Crippen LogP contribution in [0.4, 0.5) is 5.69 Å². The number of amides is 1. The molecule has 1 aromatic carbocycles. The lowest BCUT2D eigenvalue weighted by Gasteiger charge is -2.31. The van der Waals surface area contributed by atoms with Gasteiger partial charge in [0.25, 0.3) is 0 Å². The van der Waals surface area contributed by atoms with Crippen molar-refractivity contribution in [1.82, 2.24) is 14.9 Å². The van der Waals surface area contributed by atoms with Gasteiger partial charge in [0.1, 0.15) is 0 Å². The standard InChI is InChI=1S/C19H26N4O/c1-15-2-4-17(5-3-15)22-19(24)8-11-23-9-6-16(7-10-23)12-18-13-20-14-21-18/h2-5,13-14,16H,6-12H2,1H3,(H,20,21)(H,22,24). The summed E-state index contributed by atoms with van der Waals surface area (Å²) in [7, 11) is 0. The van der Waals surface area contributed by atoms with Gasteiger partial charge in [0.2, 0.25) is 5.91 Å². The summed E-state index contributed by atoms with van der Waals surface area (Å²) in [5.41, 5.74) is 3.31. The fraction of sp³-hybridized carbons (Fsp3) is 0.474. The maximum atomic E-state index is 12.1. The third kappa shape index (κ3) is 4.93. The minimum atomic E-state index is 0.0958. The van der Waals surface area contributed by atoms with Gasteiger partial charge in [-0.2, -0.15) is 0 Å². The van der Waals surface area contributed by atoms with Crippen LogP contribution in [-0.2, 0) is 11.2 Å². The molecule has 2 heterocycles. The van der Waals surface area contributed by atoms with Gasteiger partial charge < -0.3 is 15.2 Å². The van der Waals surface area contributed by atoms with Crippen LogP contribution >= 0.6 is 0 Å². The molecule has 0 unspecified atom stereocenters. The maximum absolute atomic E-state index is 12.1. The summed E-state index contributed by atoms with van der Waals surface area (Å²) in [5.74, 6) is 0.821. The van der Waals surface area contributed by atoms with Crippen LogP contribution in [0.1, 0.15) is 30.5 Å². The van der Waals surface area contributed by atoms with Crippen molar-refractivity contribution >= 4 is 11.6 Å². The Labute approximate surface area is 143 Å². The Kier molecular flexibility index (Phi) is 5.64. The van der Waals surface area contributed by atoms with E-state index in [0.717, 1.165) is 37.7 Å². The minimum Gasteiger partial charge on any atom is -0.348 e. The van der Waals surface area contributed by atoms with Crippen molar-refractivity contribution in [3.8, 4) is 0 Å². The number of rotatable bonds is 6. The number of piperidine rings is 1. The second-order valence-electron chi connectivity index (χ2n) is 6.73. The zero-order valence-corrected chi connectivity index (χ0v) is 14.3. The lowest BCUT2D eigenvalue weighted by atomic mass is 9.92. The molecule has 3 rings (SSSR count). The molecule has 5 heteroatoms. The second-order valence-corrected chi connectivity index (χ2v) is 6.73. The van der Waals surface area contributed by atoms with Crippen LogP contribution in [0.2, 0.25) is 0 Å². The largest absolute Gasteiger partial charge is 0.348 e. The smallest absolute Gasteiger partial charge is 0.225 e. The molecule has 1 aromatic heterocycles. The zero-order valence-electron chi connectivity index (χ0n) is 14.3. The second kappa shape index (κ2) is 8.11. The predicted octanol–water partition coefficient (Wildman–Crippen LogP) is 3.00. The highest BCUT2D eigenvalue weighted by molar-refractivity contribution is 5.90. The summed E-state index contributed by atoms with van der Waals surface area (Å²) in [4.78, 5) is 21.7. The first kappa shape index (κ1) is 16.7. The van der Waals surface area contributed by atoms with Crippen LogP contribution in [0, 0.1) is 12.8 Å². The molecule has 1 aliphatic rings. The Morgan fingerprint density at radius 2 is 2.04 bits per heavy atom. The number of nitrogens with one attached hydrogen (secondary N) is 2. The van der Waals surface area contributed by atoms with Crippen LogP contribution in [0.5, 0.6) is 0 Å². The first-order chi connectivity index (χ1) is 11.7. The number of hydrogen-bond acceptors (Lipinski definition) is 3. The van der Waals surface area contributed by atoms with Crippen molar-refractivity contribution < 1.29 is 4.79 Å². The molecule has 1 fully saturated rings. The first-order valence-corrected chi connectivity index (χ1v) is 8.75. The number of aromatic amines is 1. The van der Waals surface area contributed by atoms with Crippen LogP contribution in [0.15, 0.2) is 36.8 Å². The van der Waals surface area contributed by atoms with E-state index >= 15 is 0 Å². The van der Waals surface area contributed by atoms with Crippen LogP contribution in [-0.4, -0.2) is 40.4 Å². The van der Waals surface area contributed by atoms with Crippen LogP contribution < -0.4 is 5.32 Å². The average molecular weight is 326 g/mol. The van der Waals surface area contributed by atoms with Crippen LogP contribution in [0.25, 0.3) is 0 Å². The average Bonchev–Trinajstić information content (AvgIpc) is 3.09. The van der Waals surface area contributed by atoms with Gasteiger partial charge >= 0.3 is 0 Å². The molecule has 2 aromatic rings. The molecule has 5 nitrogen and oxygen atoms in total. The molecule has 0 aliphatic carbocycles. The summed E-state index contributed by atoms with van der Waals surface area (Å²) in [6, 6.07) is 7.93. The number of imidazole rings is 1. The third-order valence-corrected chi connectivity index (χ3v) is 4.76. The number of carbonyl (C=O) groups is 1. The van der Waals surface area contributed by atoms with Crippen molar-refractivity contribution in [3.63, 3.8) is 0 Å². The van der Waals surface area contributed by atoms with E-state index in [-0.39, 0.29) is 5.91 Å². The van der Waals surface area contributed by atoms with E-state index in [2.05, 4.69) is 20.2 Å². The fourth-order valence-electron chi connectivity index (χ4n) is 3.24. The SMILES string of the molecule is Cc1ccc(NC(=O)CCN2CCC(Cc3cnc[nH]3)CC2)cc1. The van der Waals surface area contributed by atoms with E-state index < -0.39 is 0 Å². The van der Waals surface area contributed by atoms with E-state index in [0.29, 0.717) is 6.42 Å². The first-order valence-electron chi connectivity index (χ1n) is 8.75. The fourth-order valence-corrected chi connectivity index (χ4v) is 3.24. The summed E-state index contributed by atoms with van der Waals surface area (Å²) in [6.45, 7) is 5.04. The summed E-state index contributed by atoms with van der Waals surface area (Å²) >= 11 is 0. The molecule has 1 saturated heterocycles. The van der Waals surface area contributed by atoms with Gasteiger partial charge in [-0.25, -0.2) is 4.98 Å². The van der Waals surface area contributed by atoms with Crippen molar-refractivity contribution in [2.24, 2.45) is 5.92 Å². The normalized spacial score (nSPS) is 16.2. The molecule has 128 valence electrons. The Hall–Kier alpha value is -2.14.